The second-order valence-corrected chi connectivity index (χ2v) is 8.72. The molecule has 2 N–H and O–H groups in total. The monoisotopic (exact) mass is 389 g/mol. The van der Waals surface area contributed by atoms with Gasteiger partial charge in [0, 0.05) is 29.2 Å². The summed E-state index contributed by atoms with van der Waals surface area (Å²) in [6, 6.07) is -0.927. The molecule has 0 saturated heterocycles. The molecule has 0 saturated carbocycles. The molecule has 0 aliphatic rings. The van der Waals surface area contributed by atoms with Crippen molar-refractivity contribution in [3.8, 4) is 0 Å². The molecule has 0 fully saturated rings. The maximum absolute atomic E-state index is 11.8. The van der Waals surface area contributed by atoms with Gasteiger partial charge >= 0.3 is 5.97 Å². The highest BCUT2D eigenvalue weighted by Crippen LogP contribution is 2.12. The van der Waals surface area contributed by atoms with E-state index < -0.39 is 22.8 Å². The van der Waals surface area contributed by atoms with Crippen LogP contribution in [0.5, 0.6) is 0 Å². The first-order valence-electron chi connectivity index (χ1n) is 10.3. The number of carboxylic acid groups (broad SMARTS) is 1. The lowest BCUT2D eigenvalue weighted by Crippen LogP contribution is -2.41. The zero-order valence-corrected chi connectivity index (χ0v) is 17.6. The first kappa shape index (κ1) is 25.1. The van der Waals surface area contributed by atoms with E-state index in [1.165, 1.54) is 64.0 Å². The summed E-state index contributed by atoms with van der Waals surface area (Å²) in [7, 11) is -1.05. The lowest BCUT2D eigenvalue weighted by atomic mass is 10.0. The zero-order chi connectivity index (χ0) is 19.6. The van der Waals surface area contributed by atoms with Crippen molar-refractivity contribution >= 4 is 22.7 Å². The molecule has 0 heterocycles. The Morgan fingerprint density at radius 2 is 1.35 bits per heavy atom. The van der Waals surface area contributed by atoms with Gasteiger partial charge in [0.05, 0.1) is 0 Å². The minimum atomic E-state index is -1.06. The maximum Gasteiger partial charge on any atom is 0.326 e. The third kappa shape index (κ3) is 16.6. The summed E-state index contributed by atoms with van der Waals surface area (Å²) in [6.07, 6.45) is 17.0. The van der Waals surface area contributed by atoms with E-state index in [9.17, 15) is 13.8 Å². The molecule has 0 bridgehead atoms. The van der Waals surface area contributed by atoms with Crippen molar-refractivity contribution in [3.63, 3.8) is 0 Å². The Kier molecular flexibility index (Phi) is 16.9. The molecule has 0 aromatic rings. The highest BCUT2D eigenvalue weighted by Gasteiger charge is 2.19. The summed E-state index contributed by atoms with van der Waals surface area (Å²) in [5.41, 5.74) is 0. The van der Waals surface area contributed by atoms with E-state index in [0.29, 0.717) is 6.42 Å². The van der Waals surface area contributed by atoms with Crippen molar-refractivity contribution in [2.24, 2.45) is 0 Å². The molecule has 154 valence electrons. The Hall–Kier alpha value is -0.910. The number of carbonyl (C=O) groups is 2. The van der Waals surface area contributed by atoms with E-state index >= 15 is 0 Å². The van der Waals surface area contributed by atoms with Crippen molar-refractivity contribution < 1.29 is 18.9 Å². The van der Waals surface area contributed by atoms with E-state index in [1.807, 2.05) is 0 Å². The molecule has 1 unspecified atom stereocenters. The third-order valence-electron chi connectivity index (χ3n) is 4.58. The Labute approximate surface area is 162 Å². The van der Waals surface area contributed by atoms with E-state index in [2.05, 4.69) is 12.2 Å². The van der Waals surface area contributed by atoms with Gasteiger partial charge in [0.2, 0.25) is 5.91 Å². The summed E-state index contributed by atoms with van der Waals surface area (Å²) in [5, 5.41) is 11.6. The van der Waals surface area contributed by atoms with Crippen LogP contribution >= 0.6 is 0 Å². The van der Waals surface area contributed by atoms with Gasteiger partial charge in [-0.1, -0.05) is 77.6 Å². The van der Waals surface area contributed by atoms with Gasteiger partial charge in [-0.15, -0.1) is 0 Å². The summed E-state index contributed by atoms with van der Waals surface area (Å²) in [4.78, 5) is 22.9. The molecule has 0 aliphatic heterocycles. The van der Waals surface area contributed by atoms with Crippen LogP contribution in [0.4, 0.5) is 0 Å². The van der Waals surface area contributed by atoms with Crippen LogP contribution in [-0.2, 0) is 20.4 Å². The molecule has 0 aromatic carbocycles. The fraction of sp³-hybridized carbons (Fsp3) is 0.900. The van der Waals surface area contributed by atoms with E-state index in [1.54, 1.807) is 0 Å². The highest BCUT2D eigenvalue weighted by atomic mass is 32.2. The second kappa shape index (κ2) is 17.5. The van der Waals surface area contributed by atoms with Crippen LogP contribution in [-0.4, -0.2) is 39.2 Å². The number of nitrogens with one attached hydrogen (secondary N) is 1. The van der Waals surface area contributed by atoms with Crippen LogP contribution in [0.15, 0.2) is 0 Å². The number of carboxylic acids is 1. The van der Waals surface area contributed by atoms with Gasteiger partial charge in [0.25, 0.3) is 0 Å². The Bertz CT molecular complexity index is 401. The van der Waals surface area contributed by atoms with Gasteiger partial charge in [-0.3, -0.25) is 9.00 Å². The van der Waals surface area contributed by atoms with Crippen molar-refractivity contribution in [1.82, 2.24) is 5.32 Å². The van der Waals surface area contributed by atoms with Gasteiger partial charge in [0.15, 0.2) is 0 Å². The predicted octanol–water partition coefficient (Wildman–Crippen LogP) is 4.42. The van der Waals surface area contributed by atoms with Gasteiger partial charge in [-0.25, -0.2) is 4.79 Å². The molecule has 6 heteroatoms. The number of rotatable bonds is 18. The first-order chi connectivity index (χ1) is 12.5. The maximum atomic E-state index is 11.8. The fourth-order valence-electron chi connectivity index (χ4n) is 2.93. The predicted molar refractivity (Wildman–Crippen MR) is 109 cm³/mol. The van der Waals surface area contributed by atoms with E-state index in [-0.39, 0.29) is 18.1 Å². The lowest BCUT2D eigenvalue weighted by Gasteiger charge is -2.13. The van der Waals surface area contributed by atoms with Crippen LogP contribution < -0.4 is 5.32 Å². The average molecular weight is 390 g/mol. The molecule has 0 spiro atoms. The third-order valence-corrected chi connectivity index (χ3v) is 5.40. The molecule has 0 radical (unpaired) electrons. The average Bonchev–Trinajstić information content (AvgIpc) is 2.59. The number of aliphatic carboxylic acids is 1. The molecule has 26 heavy (non-hydrogen) atoms. The van der Waals surface area contributed by atoms with Gasteiger partial charge in [0.1, 0.15) is 6.04 Å². The van der Waals surface area contributed by atoms with Crippen LogP contribution in [0.3, 0.4) is 0 Å². The van der Waals surface area contributed by atoms with Crippen LogP contribution in [0.2, 0.25) is 0 Å². The number of carbonyl (C=O) groups excluding carboxylic acids is 1. The number of hydrogen-bond donors (Lipinski definition) is 2. The van der Waals surface area contributed by atoms with Crippen molar-refractivity contribution in [3.05, 3.63) is 0 Å². The van der Waals surface area contributed by atoms with Gasteiger partial charge < -0.3 is 10.4 Å². The molecule has 5 nitrogen and oxygen atoms in total. The van der Waals surface area contributed by atoms with E-state index in [0.717, 1.165) is 19.3 Å². The SMILES string of the molecule is CCCCCCCCCCCCCCC(=O)N[C@@H](CCS(C)=O)C(=O)O. The fourth-order valence-corrected chi connectivity index (χ4v) is 3.50. The van der Waals surface area contributed by atoms with Crippen molar-refractivity contribution in [2.75, 3.05) is 12.0 Å². The highest BCUT2D eigenvalue weighted by molar-refractivity contribution is 7.84. The molecule has 2 atom stereocenters. The van der Waals surface area contributed by atoms with E-state index in [4.69, 9.17) is 5.11 Å². The Morgan fingerprint density at radius 3 is 1.77 bits per heavy atom. The topological polar surface area (TPSA) is 83.5 Å². The largest absolute Gasteiger partial charge is 0.480 e. The molecule has 0 aromatic heterocycles. The minimum absolute atomic E-state index is 0.211. The lowest BCUT2D eigenvalue weighted by molar-refractivity contribution is -0.141. The van der Waals surface area contributed by atoms with Crippen molar-refractivity contribution in [2.45, 2.75) is 103 Å². The number of hydrogen-bond acceptors (Lipinski definition) is 3. The molecular weight excluding hydrogens is 350 g/mol. The van der Waals surface area contributed by atoms with Crippen molar-refractivity contribution in [1.29, 1.82) is 0 Å². The standard InChI is InChI=1S/C20H39NO4S/c1-3-4-5-6-7-8-9-10-11-12-13-14-15-19(22)21-18(20(23)24)16-17-26(2)25/h18H,3-17H2,1-2H3,(H,21,22)(H,23,24)/t18-,26?/m0/s1. The van der Waals surface area contributed by atoms with Gasteiger partial charge in [-0.2, -0.15) is 0 Å². The molecule has 0 aliphatic carbocycles. The summed E-state index contributed by atoms with van der Waals surface area (Å²) in [6.45, 7) is 2.24. The molecule has 0 rings (SSSR count). The number of amides is 1. The number of unbranched alkanes of at least 4 members (excludes halogenated alkanes) is 11. The van der Waals surface area contributed by atoms with Crippen LogP contribution in [0.25, 0.3) is 0 Å². The summed E-state index contributed by atoms with van der Waals surface area (Å²) in [5.74, 6) is -0.986. The van der Waals surface area contributed by atoms with Crippen LogP contribution in [0.1, 0.15) is 96.8 Å². The second-order valence-electron chi connectivity index (χ2n) is 7.16. The minimum Gasteiger partial charge on any atom is -0.480 e. The Balaban J connectivity index is 3.55. The summed E-state index contributed by atoms with van der Waals surface area (Å²) < 4.78 is 11.1. The normalized spacial score (nSPS) is 13.3. The van der Waals surface area contributed by atoms with Crippen LogP contribution in [0, 0.1) is 0 Å². The first-order valence-corrected chi connectivity index (χ1v) is 12.0. The quantitative estimate of drug-likeness (QED) is 0.340. The molecule has 1 amide bonds. The van der Waals surface area contributed by atoms with Gasteiger partial charge in [-0.05, 0) is 12.8 Å². The zero-order valence-electron chi connectivity index (χ0n) is 16.8. The molecular formula is C20H39NO4S. The smallest absolute Gasteiger partial charge is 0.326 e. The summed E-state index contributed by atoms with van der Waals surface area (Å²) >= 11 is 0. The Morgan fingerprint density at radius 1 is 0.885 bits per heavy atom.